The Morgan fingerprint density at radius 1 is 1.03 bits per heavy atom. The fraction of sp³-hybridized carbons (Fsp3) is 0.0909. The lowest BCUT2D eigenvalue weighted by Crippen LogP contribution is -2.28. The molecule has 10 heteroatoms. The molecule has 0 aliphatic rings. The number of aromatic nitrogens is 3. The molecule has 2 N–H and O–H groups in total. The van der Waals surface area contributed by atoms with Gasteiger partial charge in [0, 0.05) is 17.6 Å². The first-order valence-electron chi connectivity index (χ1n) is 9.53. The Kier molecular flexibility index (Phi) is 5.67. The molecule has 2 amide bonds. The molecular weight excluding hydrogens is 417 g/mol. The van der Waals surface area contributed by atoms with E-state index in [0.29, 0.717) is 11.4 Å². The summed E-state index contributed by atoms with van der Waals surface area (Å²) >= 11 is 0. The molecule has 2 heterocycles. The van der Waals surface area contributed by atoms with Crippen LogP contribution in [0.3, 0.4) is 0 Å². The van der Waals surface area contributed by atoms with Crippen molar-refractivity contribution in [2.24, 2.45) is 0 Å². The number of pyridine rings is 1. The van der Waals surface area contributed by atoms with Gasteiger partial charge in [-0.25, -0.2) is 18.3 Å². The first kappa shape index (κ1) is 20.8. The molecule has 0 unspecified atom stereocenters. The van der Waals surface area contributed by atoms with Gasteiger partial charge in [0.1, 0.15) is 18.1 Å². The largest absolute Gasteiger partial charge is 0.497 e. The van der Waals surface area contributed by atoms with Crippen LogP contribution in [0.1, 0.15) is 10.4 Å². The first-order valence-corrected chi connectivity index (χ1v) is 9.53. The number of anilines is 2. The van der Waals surface area contributed by atoms with Gasteiger partial charge in [-0.2, -0.15) is 0 Å². The number of carbonyl (C=O) groups is 2. The van der Waals surface area contributed by atoms with E-state index in [0.717, 1.165) is 10.7 Å². The number of nitrogens with zero attached hydrogens (tertiary/aromatic N) is 3. The normalized spacial score (nSPS) is 10.7. The Morgan fingerprint density at radius 2 is 1.81 bits per heavy atom. The highest BCUT2D eigenvalue weighted by molar-refractivity contribution is 6.04. The summed E-state index contributed by atoms with van der Waals surface area (Å²) in [7, 11) is 1.55. The predicted molar refractivity (Wildman–Crippen MR) is 115 cm³/mol. The van der Waals surface area contributed by atoms with Gasteiger partial charge in [0.15, 0.2) is 5.65 Å². The molecule has 0 saturated carbocycles. The molecule has 2 aromatic heterocycles. The van der Waals surface area contributed by atoms with Gasteiger partial charge in [-0.15, -0.1) is 5.10 Å². The third kappa shape index (κ3) is 4.48. The van der Waals surface area contributed by atoms with E-state index >= 15 is 0 Å². The summed E-state index contributed by atoms with van der Waals surface area (Å²) < 4.78 is 20.5. The van der Waals surface area contributed by atoms with Crippen molar-refractivity contribution in [2.75, 3.05) is 17.7 Å². The van der Waals surface area contributed by atoms with Crippen LogP contribution >= 0.6 is 0 Å². The molecule has 0 radical (unpaired) electrons. The second-order valence-corrected chi connectivity index (χ2v) is 6.83. The van der Waals surface area contributed by atoms with E-state index in [1.807, 2.05) is 0 Å². The van der Waals surface area contributed by atoms with Crippen molar-refractivity contribution in [3.05, 3.63) is 88.7 Å². The maximum absolute atomic E-state index is 13.3. The minimum atomic E-state index is -0.589. The molecule has 0 spiro atoms. The number of methoxy groups -OCH3 is 1. The van der Waals surface area contributed by atoms with E-state index in [9.17, 15) is 18.8 Å². The highest BCUT2D eigenvalue weighted by Crippen LogP contribution is 2.16. The van der Waals surface area contributed by atoms with Crippen molar-refractivity contribution >= 4 is 28.8 Å². The van der Waals surface area contributed by atoms with Crippen molar-refractivity contribution in [3.63, 3.8) is 0 Å². The van der Waals surface area contributed by atoms with Crippen molar-refractivity contribution in [1.82, 2.24) is 14.2 Å². The maximum atomic E-state index is 13.3. The smallest absolute Gasteiger partial charge is 0.350 e. The van der Waals surface area contributed by atoms with Crippen molar-refractivity contribution in [3.8, 4) is 5.75 Å². The topological polar surface area (TPSA) is 107 Å². The Morgan fingerprint density at radius 3 is 2.53 bits per heavy atom. The minimum absolute atomic E-state index is 0.235. The molecule has 162 valence electrons. The number of nitrogens with one attached hydrogen (secondary N) is 2. The number of amides is 2. The number of fused-ring (bicyclic) bond motifs is 1. The third-order valence-electron chi connectivity index (χ3n) is 4.59. The van der Waals surface area contributed by atoms with Crippen LogP contribution in [0.15, 0.2) is 71.7 Å². The van der Waals surface area contributed by atoms with Crippen LogP contribution in [0.5, 0.6) is 5.75 Å². The van der Waals surface area contributed by atoms with Gasteiger partial charge in [-0.1, -0.05) is 6.07 Å². The lowest BCUT2D eigenvalue weighted by atomic mass is 10.2. The molecule has 0 bridgehead atoms. The summed E-state index contributed by atoms with van der Waals surface area (Å²) in [4.78, 5) is 37.4. The monoisotopic (exact) mass is 435 g/mol. The highest BCUT2D eigenvalue weighted by atomic mass is 19.1. The number of carbonyl (C=O) groups excluding carboxylic acids is 2. The zero-order chi connectivity index (χ0) is 22.7. The first-order chi connectivity index (χ1) is 15.4. The van der Waals surface area contributed by atoms with E-state index < -0.39 is 23.3 Å². The van der Waals surface area contributed by atoms with Crippen LogP contribution < -0.4 is 21.1 Å². The summed E-state index contributed by atoms with van der Waals surface area (Å²) in [6.45, 7) is -0.371. The van der Waals surface area contributed by atoms with Crippen LogP contribution in [-0.4, -0.2) is 33.1 Å². The van der Waals surface area contributed by atoms with Crippen molar-refractivity contribution in [1.29, 1.82) is 0 Å². The molecule has 2 aromatic carbocycles. The van der Waals surface area contributed by atoms with Crippen LogP contribution in [-0.2, 0) is 11.3 Å². The fourth-order valence-electron chi connectivity index (χ4n) is 3.04. The van der Waals surface area contributed by atoms with Gasteiger partial charge < -0.3 is 15.4 Å². The number of hydrogen-bond donors (Lipinski definition) is 2. The van der Waals surface area contributed by atoms with E-state index in [1.165, 1.54) is 40.9 Å². The van der Waals surface area contributed by atoms with Gasteiger partial charge in [0.25, 0.3) is 5.91 Å². The van der Waals surface area contributed by atoms with Gasteiger partial charge in [0.2, 0.25) is 5.91 Å². The molecule has 0 aliphatic heterocycles. The van der Waals surface area contributed by atoms with Gasteiger partial charge in [-0.3, -0.25) is 9.59 Å². The van der Waals surface area contributed by atoms with Crippen LogP contribution in [0.4, 0.5) is 15.8 Å². The second-order valence-electron chi connectivity index (χ2n) is 6.83. The summed E-state index contributed by atoms with van der Waals surface area (Å²) in [6.07, 6.45) is 1.35. The maximum Gasteiger partial charge on any atom is 0.350 e. The molecule has 0 atom stereocenters. The molecule has 32 heavy (non-hydrogen) atoms. The van der Waals surface area contributed by atoms with E-state index in [1.54, 1.807) is 31.4 Å². The standard InChI is InChI=1S/C22H18FN5O4/c1-32-18-8-6-16(7-9-18)25-21(30)14-5-10-19-26-28(22(31)27(19)12-14)13-20(29)24-17-4-2-3-15(23)11-17/h2-12H,13H2,1H3,(H,24,29)(H,25,30). The zero-order valence-corrected chi connectivity index (χ0v) is 16.9. The lowest BCUT2D eigenvalue weighted by molar-refractivity contribution is -0.117. The van der Waals surface area contributed by atoms with Gasteiger partial charge in [0.05, 0.1) is 12.7 Å². The predicted octanol–water partition coefficient (Wildman–Crippen LogP) is 2.53. The van der Waals surface area contributed by atoms with Gasteiger partial charge in [-0.05, 0) is 54.6 Å². The third-order valence-corrected chi connectivity index (χ3v) is 4.59. The van der Waals surface area contributed by atoms with E-state index in [4.69, 9.17) is 4.74 Å². The average Bonchev–Trinajstić information content (AvgIpc) is 3.08. The summed E-state index contributed by atoms with van der Waals surface area (Å²) in [5.74, 6) is -0.794. The number of halogens is 1. The van der Waals surface area contributed by atoms with Crippen molar-refractivity contribution in [2.45, 2.75) is 6.54 Å². The summed E-state index contributed by atoms with van der Waals surface area (Å²) in [5, 5.41) is 9.34. The molecule has 0 saturated heterocycles. The van der Waals surface area contributed by atoms with Crippen molar-refractivity contribution < 1.29 is 18.7 Å². The average molecular weight is 435 g/mol. The molecular formula is C22H18FN5O4. The highest BCUT2D eigenvalue weighted by Gasteiger charge is 2.14. The van der Waals surface area contributed by atoms with E-state index in [-0.39, 0.29) is 23.4 Å². The number of hydrogen-bond acceptors (Lipinski definition) is 5. The SMILES string of the molecule is COc1ccc(NC(=O)c2ccc3nn(CC(=O)Nc4cccc(F)c4)c(=O)n3c2)cc1. The van der Waals surface area contributed by atoms with E-state index in [2.05, 4.69) is 15.7 Å². The Balaban J connectivity index is 1.50. The van der Waals surface area contributed by atoms with Gasteiger partial charge >= 0.3 is 5.69 Å². The number of rotatable bonds is 6. The Labute approximate surface area is 181 Å². The molecule has 9 nitrogen and oxygen atoms in total. The van der Waals surface area contributed by atoms with Crippen LogP contribution in [0.2, 0.25) is 0 Å². The molecule has 4 aromatic rings. The quantitative estimate of drug-likeness (QED) is 0.484. The minimum Gasteiger partial charge on any atom is -0.497 e. The van der Waals surface area contributed by atoms with Crippen LogP contribution in [0, 0.1) is 5.82 Å². The second kappa shape index (κ2) is 8.72. The molecule has 0 fully saturated rings. The lowest BCUT2D eigenvalue weighted by Gasteiger charge is -2.06. The zero-order valence-electron chi connectivity index (χ0n) is 16.9. The summed E-state index contributed by atoms with van der Waals surface area (Å²) in [5.41, 5.74) is 0.750. The molecule has 4 rings (SSSR count). The Bertz CT molecular complexity index is 1360. The number of benzene rings is 2. The fourth-order valence-corrected chi connectivity index (χ4v) is 3.04. The van der Waals surface area contributed by atoms with Crippen LogP contribution in [0.25, 0.3) is 5.65 Å². The number of ether oxygens (including phenoxy) is 1. The Hall–Kier alpha value is -4.47. The molecule has 0 aliphatic carbocycles. The summed E-state index contributed by atoms with van der Waals surface area (Å²) in [6, 6.07) is 15.2.